The zero-order valence-corrected chi connectivity index (χ0v) is 15.3. The third-order valence-corrected chi connectivity index (χ3v) is 3.98. The van der Waals surface area contributed by atoms with Gasteiger partial charge >= 0.3 is 0 Å². The molecular weight excluding hydrogens is 340 g/mol. The maximum absolute atomic E-state index is 12.5. The molecule has 3 rings (SSSR count). The highest BCUT2D eigenvalue weighted by Gasteiger charge is 2.13. The van der Waals surface area contributed by atoms with Gasteiger partial charge in [-0.05, 0) is 43.7 Å². The molecule has 0 spiro atoms. The molecule has 0 saturated carbocycles. The van der Waals surface area contributed by atoms with Gasteiger partial charge in [-0.1, -0.05) is 30.3 Å². The standard InChI is InChI=1S/C21H22N4O2/c1-3-27-18-11-9-17(10-12-18)25-20-13-19(22-14-23-20)21(26)24-15(2)16-7-5-4-6-8-16/h4-15H,3H2,1-2H3,(H,24,26)(H,22,23,25). The van der Waals surface area contributed by atoms with Crippen LogP contribution in [0.3, 0.4) is 0 Å². The van der Waals surface area contributed by atoms with Gasteiger partial charge < -0.3 is 15.4 Å². The van der Waals surface area contributed by atoms with Crippen molar-refractivity contribution in [3.05, 3.63) is 78.2 Å². The van der Waals surface area contributed by atoms with Crippen LogP contribution in [0, 0.1) is 0 Å². The second kappa shape index (κ2) is 8.80. The Kier molecular flexibility index (Phi) is 5.99. The van der Waals surface area contributed by atoms with E-state index in [0.717, 1.165) is 17.0 Å². The molecule has 3 aromatic rings. The predicted molar refractivity (Wildman–Crippen MR) is 105 cm³/mol. The van der Waals surface area contributed by atoms with E-state index in [2.05, 4.69) is 20.6 Å². The lowest BCUT2D eigenvalue weighted by atomic mass is 10.1. The van der Waals surface area contributed by atoms with Gasteiger partial charge in [-0.2, -0.15) is 0 Å². The van der Waals surface area contributed by atoms with Crippen molar-refractivity contribution in [2.24, 2.45) is 0 Å². The van der Waals surface area contributed by atoms with Crippen molar-refractivity contribution in [1.82, 2.24) is 15.3 Å². The van der Waals surface area contributed by atoms with Gasteiger partial charge in [-0.25, -0.2) is 9.97 Å². The van der Waals surface area contributed by atoms with Gasteiger partial charge in [0, 0.05) is 11.8 Å². The molecule has 1 aromatic heterocycles. The fourth-order valence-electron chi connectivity index (χ4n) is 2.59. The molecule has 1 heterocycles. The van der Waals surface area contributed by atoms with Crippen LogP contribution in [0.15, 0.2) is 67.0 Å². The quantitative estimate of drug-likeness (QED) is 0.661. The molecule has 2 aromatic carbocycles. The fourth-order valence-corrected chi connectivity index (χ4v) is 2.59. The maximum Gasteiger partial charge on any atom is 0.270 e. The molecular formula is C21H22N4O2. The third-order valence-electron chi connectivity index (χ3n) is 3.98. The van der Waals surface area contributed by atoms with Crippen LogP contribution in [-0.2, 0) is 0 Å². The van der Waals surface area contributed by atoms with Crippen LogP contribution in [0.5, 0.6) is 5.75 Å². The van der Waals surface area contributed by atoms with Crippen LogP contribution in [0.25, 0.3) is 0 Å². The molecule has 138 valence electrons. The van der Waals surface area contributed by atoms with Gasteiger partial charge in [-0.15, -0.1) is 0 Å². The Bertz CT molecular complexity index is 882. The van der Waals surface area contributed by atoms with Crippen molar-refractivity contribution in [3.63, 3.8) is 0 Å². The van der Waals surface area contributed by atoms with E-state index in [9.17, 15) is 4.79 Å². The summed E-state index contributed by atoms with van der Waals surface area (Å²) in [4.78, 5) is 20.8. The first-order valence-corrected chi connectivity index (χ1v) is 8.83. The maximum atomic E-state index is 12.5. The minimum absolute atomic E-state index is 0.115. The summed E-state index contributed by atoms with van der Waals surface area (Å²) in [5.41, 5.74) is 2.19. The third kappa shape index (κ3) is 5.04. The van der Waals surface area contributed by atoms with Crippen molar-refractivity contribution >= 4 is 17.4 Å². The highest BCUT2D eigenvalue weighted by atomic mass is 16.5. The Hall–Kier alpha value is -3.41. The van der Waals surface area contributed by atoms with E-state index in [4.69, 9.17) is 4.74 Å². The van der Waals surface area contributed by atoms with Crippen molar-refractivity contribution in [1.29, 1.82) is 0 Å². The summed E-state index contributed by atoms with van der Waals surface area (Å²) >= 11 is 0. The van der Waals surface area contributed by atoms with Crippen molar-refractivity contribution in [3.8, 4) is 5.75 Å². The minimum Gasteiger partial charge on any atom is -0.494 e. The fraction of sp³-hybridized carbons (Fsp3) is 0.190. The Labute approximate surface area is 158 Å². The van der Waals surface area contributed by atoms with Crippen LogP contribution < -0.4 is 15.4 Å². The first-order chi connectivity index (χ1) is 13.2. The molecule has 0 aliphatic heterocycles. The molecule has 1 amide bonds. The summed E-state index contributed by atoms with van der Waals surface area (Å²) in [5, 5.41) is 6.12. The molecule has 2 N–H and O–H groups in total. The Morgan fingerprint density at radius 1 is 1.07 bits per heavy atom. The van der Waals surface area contributed by atoms with E-state index in [0.29, 0.717) is 18.1 Å². The summed E-state index contributed by atoms with van der Waals surface area (Å²) < 4.78 is 5.43. The summed E-state index contributed by atoms with van der Waals surface area (Å²) in [6, 6.07) is 18.8. The molecule has 0 saturated heterocycles. The van der Waals surface area contributed by atoms with Crippen LogP contribution in [0.1, 0.15) is 35.9 Å². The summed E-state index contributed by atoms with van der Waals surface area (Å²) in [6.07, 6.45) is 1.37. The average molecular weight is 362 g/mol. The number of rotatable bonds is 7. The van der Waals surface area contributed by atoms with Gasteiger partial charge in [-0.3, -0.25) is 4.79 Å². The minimum atomic E-state index is -0.247. The zero-order valence-electron chi connectivity index (χ0n) is 15.3. The lowest BCUT2D eigenvalue weighted by Gasteiger charge is -2.14. The summed E-state index contributed by atoms with van der Waals surface area (Å²) in [5.74, 6) is 1.11. The van der Waals surface area contributed by atoms with Gasteiger partial charge in [0.25, 0.3) is 5.91 Å². The smallest absolute Gasteiger partial charge is 0.270 e. The molecule has 6 heteroatoms. The first-order valence-electron chi connectivity index (χ1n) is 8.83. The number of ether oxygens (including phenoxy) is 1. The number of hydrogen-bond donors (Lipinski definition) is 2. The van der Waals surface area contributed by atoms with Gasteiger partial charge in [0.15, 0.2) is 0 Å². The van der Waals surface area contributed by atoms with E-state index in [1.807, 2.05) is 68.4 Å². The second-order valence-corrected chi connectivity index (χ2v) is 5.98. The highest BCUT2D eigenvalue weighted by Crippen LogP contribution is 2.19. The Morgan fingerprint density at radius 3 is 2.52 bits per heavy atom. The molecule has 0 aliphatic rings. The van der Waals surface area contributed by atoms with Crippen LogP contribution in [-0.4, -0.2) is 22.5 Å². The normalized spacial score (nSPS) is 11.5. The SMILES string of the molecule is CCOc1ccc(Nc2cc(C(=O)NC(C)c3ccccc3)ncn2)cc1. The predicted octanol–water partition coefficient (Wildman–Crippen LogP) is 4.11. The number of carbonyl (C=O) groups excluding carboxylic acids is 1. The number of carbonyl (C=O) groups is 1. The molecule has 6 nitrogen and oxygen atoms in total. The van der Waals surface area contributed by atoms with E-state index in [1.54, 1.807) is 6.07 Å². The lowest BCUT2D eigenvalue weighted by Crippen LogP contribution is -2.27. The topological polar surface area (TPSA) is 76.1 Å². The molecule has 0 aliphatic carbocycles. The van der Waals surface area contributed by atoms with Gasteiger partial charge in [0.2, 0.25) is 0 Å². The van der Waals surface area contributed by atoms with E-state index in [1.165, 1.54) is 6.33 Å². The molecule has 27 heavy (non-hydrogen) atoms. The molecule has 0 radical (unpaired) electrons. The number of amides is 1. The summed E-state index contributed by atoms with van der Waals surface area (Å²) in [7, 11) is 0. The molecule has 0 bridgehead atoms. The van der Waals surface area contributed by atoms with E-state index >= 15 is 0 Å². The Balaban J connectivity index is 1.66. The lowest BCUT2D eigenvalue weighted by molar-refractivity contribution is 0.0934. The zero-order chi connectivity index (χ0) is 19.1. The number of nitrogens with one attached hydrogen (secondary N) is 2. The molecule has 0 fully saturated rings. The highest BCUT2D eigenvalue weighted by molar-refractivity contribution is 5.93. The van der Waals surface area contributed by atoms with Crippen LogP contribution >= 0.6 is 0 Å². The van der Waals surface area contributed by atoms with E-state index in [-0.39, 0.29) is 11.9 Å². The largest absolute Gasteiger partial charge is 0.494 e. The van der Waals surface area contributed by atoms with Crippen LogP contribution in [0.2, 0.25) is 0 Å². The van der Waals surface area contributed by atoms with E-state index < -0.39 is 0 Å². The van der Waals surface area contributed by atoms with Crippen molar-refractivity contribution in [2.45, 2.75) is 19.9 Å². The average Bonchev–Trinajstić information content (AvgIpc) is 2.70. The van der Waals surface area contributed by atoms with Gasteiger partial charge in [0.05, 0.1) is 12.6 Å². The molecule has 1 atom stereocenters. The van der Waals surface area contributed by atoms with Gasteiger partial charge in [0.1, 0.15) is 23.6 Å². The Morgan fingerprint density at radius 2 is 1.81 bits per heavy atom. The number of nitrogens with zero attached hydrogens (tertiary/aromatic N) is 2. The summed E-state index contributed by atoms with van der Waals surface area (Å²) in [6.45, 7) is 4.50. The van der Waals surface area contributed by atoms with Crippen LogP contribution in [0.4, 0.5) is 11.5 Å². The number of benzene rings is 2. The second-order valence-electron chi connectivity index (χ2n) is 5.98. The first kappa shape index (κ1) is 18.4. The number of aromatic nitrogens is 2. The number of anilines is 2. The van der Waals surface area contributed by atoms with Crippen molar-refractivity contribution < 1.29 is 9.53 Å². The number of hydrogen-bond acceptors (Lipinski definition) is 5. The van der Waals surface area contributed by atoms with Crippen molar-refractivity contribution in [2.75, 3.05) is 11.9 Å². The monoisotopic (exact) mass is 362 g/mol. The molecule has 1 unspecified atom stereocenters.